The predicted molar refractivity (Wildman–Crippen MR) is 140 cm³/mol. The first-order chi connectivity index (χ1) is 12.2. The van der Waals surface area contributed by atoms with Gasteiger partial charge < -0.3 is 18.9 Å². The second kappa shape index (κ2) is 21.5. The Labute approximate surface area is 208 Å². The maximum atomic E-state index is 5.96. The minimum absolute atomic E-state index is 0.201. The molecule has 0 bridgehead atoms. The lowest BCUT2D eigenvalue weighted by atomic mass is 9.92. The highest BCUT2D eigenvalue weighted by Crippen LogP contribution is 2.21. The van der Waals surface area contributed by atoms with Gasteiger partial charge in [-0.05, 0) is 25.7 Å². The van der Waals surface area contributed by atoms with Crippen molar-refractivity contribution in [3.63, 3.8) is 0 Å². The molecule has 152 valence electrons. The van der Waals surface area contributed by atoms with Gasteiger partial charge in [0, 0.05) is 44.1 Å². The highest BCUT2D eigenvalue weighted by Gasteiger charge is 2.32. The summed E-state index contributed by atoms with van der Waals surface area (Å²) in [4.78, 5) is 0. The summed E-state index contributed by atoms with van der Waals surface area (Å²) in [6.07, 6.45) is 4.32. The van der Waals surface area contributed by atoms with Gasteiger partial charge in [0.1, 0.15) is 0 Å². The van der Waals surface area contributed by atoms with Crippen LogP contribution in [-0.4, -0.2) is 70.6 Å². The topological polar surface area (TPSA) is 36.9 Å². The zero-order valence-electron chi connectivity index (χ0n) is 15.0. The van der Waals surface area contributed by atoms with Crippen LogP contribution in [0.3, 0.4) is 0 Å². The fraction of sp³-hybridized carbons (Fsp3) is 1.00. The zero-order chi connectivity index (χ0) is 18.6. The van der Waals surface area contributed by atoms with Crippen molar-refractivity contribution in [2.45, 2.75) is 25.7 Å². The molecule has 0 aliphatic heterocycles. The van der Waals surface area contributed by atoms with Crippen LogP contribution in [0.25, 0.3) is 0 Å². The molecule has 0 saturated carbocycles. The molecule has 0 atom stereocenters. The molecule has 0 aromatic carbocycles. The zero-order valence-corrected chi connectivity index (χ0v) is 23.6. The molecule has 0 unspecified atom stereocenters. The smallest absolute Gasteiger partial charge is 0.0637 e. The van der Waals surface area contributed by atoms with E-state index < -0.39 is 0 Å². The van der Waals surface area contributed by atoms with Crippen LogP contribution in [0, 0.1) is 5.41 Å². The van der Waals surface area contributed by atoms with Crippen molar-refractivity contribution < 1.29 is 18.9 Å². The van der Waals surface area contributed by atoms with E-state index in [1.165, 1.54) is 0 Å². The van der Waals surface area contributed by atoms with Crippen molar-refractivity contribution >= 4 is 90.4 Å². The molecule has 0 saturated heterocycles. The summed E-state index contributed by atoms with van der Waals surface area (Å²) < 4.78 is 28.3. The largest absolute Gasteiger partial charge is 0.381 e. The molecular formula is C17H32I4O4. The molecule has 0 spiro atoms. The van der Waals surface area contributed by atoms with E-state index >= 15 is 0 Å². The van der Waals surface area contributed by atoms with E-state index in [0.29, 0.717) is 26.4 Å². The first-order valence-electron chi connectivity index (χ1n) is 8.79. The highest BCUT2D eigenvalue weighted by molar-refractivity contribution is 14.1. The fourth-order valence-corrected chi connectivity index (χ4v) is 3.28. The van der Waals surface area contributed by atoms with Gasteiger partial charge in [-0.25, -0.2) is 0 Å². The van der Waals surface area contributed by atoms with Gasteiger partial charge >= 0.3 is 0 Å². The third-order valence-corrected chi connectivity index (χ3v) is 6.37. The van der Waals surface area contributed by atoms with E-state index in [9.17, 15) is 0 Å². The predicted octanol–water partition coefficient (Wildman–Crippen LogP) is 5.34. The van der Waals surface area contributed by atoms with Crippen LogP contribution in [0.4, 0.5) is 0 Å². The lowest BCUT2D eigenvalue weighted by Gasteiger charge is -2.33. The lowest BCUT2D eigenvalue weighted by molar-refractivity contribution is -0.106. The number of hydrogen-bond donors (Lipinski definition) is 0. The van der Waals surface area contributed by atoms with E-state index in [2.05, 4.69) is 90.4 Å². The minimum atomic E-state index is -0.201. The molecular weight excluding hydrogens is 776 g/mol. The number of ether oxygens (including phenoxy) is 4. The molecule has 25 heavy (non-hydrogen) atoms. The molecule has 0 rings (SSSR count). The van der Waals surface area contributed by atoms with Gasteiger partial charge in [0.25, 0.3) is 0 Å². The molecule has 0 amide bonds. The molecule has 8 heteroatoms. The second-order valence-corrected chi connectivity index (χ2v) is 10.2. The Morgan fingerprint density at radius 2 is 0.680 bits per heavy atom. The summed E-state index contributed by atoms with van der Waals surface area (Å²) in [5, 5.41) is 0. The molecule has 0 N–H and O–H groups in total. The summed E-state index contributed by atoms with van der Waals surface area (Å²) >= 11 is 9.55. The number of rotatable bonds is 20. The van der Waals surface area contributed by atoms with Gasteiger partial charge in [-0.2, -0.15) is 0 Å². The van der Waals surface area contributed by atoms with Crippen molar-refractivity contribution in [1.82, 2.24) is 0 Å². The summed E-state index contributed by atoms with van der Waals surface area (Å²) in [6.45, 7) is 5.73. The van der Waals surface area contributed by atoms with Crippen molar-refractivity contribution in [1.29, 1.82) is 0 Å². The average molecular weight is 808 g/mol. The molecule has 4 nitrogen and oxygen atoms in total. The molecule has 0 aliphatic carbocycles. The SMILES string of the molecule is ICCCOCC(COCCCI)(COCCCI)COCCCI. The van der Waals surface area contributed by atoms with E-state index in [0.717, 1.165) is 69.8 Å². The van der Waals surface area contributed by atoms with Crippen molar-refractivity contribution in [2.24, 2.45) is 5.41 Å². The van der Waals surface area contributed by atoms with Crippen LogP contribution in [-0.2, 0) is 18.9 Å². The summed E-state index contributed by atoms with van der Waals surface area (Å²) in [7, 11) is 0. The number of halogens is 4. The quantitative estimate of drug-likeness (QED) is 0.0948. The Morgan fingerprint density at radius 1 is 0.440 bits per heavy atom. The highest BCUT2D eigenvalue weighted by atomic mass is 127. The van der Waals surface area contributed by atoms with E-state index in [4.69, 9.17) is 18.9 Å². The number of hydrogen-bond acceptors (Lipinski definition) is 4. The first kappa shape index (κ1) is 27.8. The van der Waals surface area contributed by atoms with Gasteiger partial charge in [-0.15, -0.1) is 0 Å². The molecule has 0 aromatic heterocycles. The van der Waals surface area contributed by atoms with Crippen LogP contribution in [0.5, 0.6) is 0 Å². The third-order valence-electron chi connectivity index (χ3n) is 3.32. The minimum Gasteiger partial charge on any atom is -0.381 e. The van der Waals surface area contributed by atoms with Crippen molar-refractivity contribution in [2.75, 3.05) is 70.6 Å². The van der Waals surface area contributed by atoms with Crippen LogP contribution in [0.1, 0.15) is 25.7 Å². The first-order valence-corrected chi connectivity index (χ1v) is 14.9. The maximum absolute atomic E-state index is 5.96. The van der Waals surface area contributed by atoms with Crippen LogP contribution in [0.2, 0.25) is 0 Å². The van der Waals surface area contributed by atoms with Crippen molar-refractivity contribution in [3.05, 3.63) is 0 Å². The van der Waals surface area contributed by atoms with Crippen molar-refractivity contribution in [3.8, 4) is 0 Å². The van der Waals surface area contributed by atoms with Gasteiger partial charge in [0.05, 0.1) is 31.8 Å². The molecule has 0 heterocycles. The molecule has 0 fully saturated rings. The lowest BCUT2D eigenvalue weighted by Crippen LogP contribution is -2.42. The average Bonchev–Trinajstić information content (AvgIpc) is 2.63. The molecule has 0 aliphatic rings. The summed E-state index contributed by atoms with van der Waals surface area (Å²) in [6, 6.07) is 0. The Balaban J connectivity index is 4.62. The Hall–Kier alpha value is 2.76. The van der Waals surface area contributed by atoms with E-state index in [-0.39, 0.29) is 5.41 Å². The molecule has 0 aromatic rings. The van der Waals surface area contributed by atoms with E-state index in [1.54, 1.807) is 0 Å². The van der Waals surface area contributed by atoms with Gasteiger partial charge in [0.2, 0.25) is 0 Å². The summed E-state index contributed by atoms with van der Waals surface area (Å²) in [5.74, 6) is 0. The Kier molecular flexibility index (Phi) is 23.8. The van der Waals surface area contributed by atoms with Crippen LogP contribution >= 0.6 is 90.4 Å². The van der Waals surface area contributed by atoms with Crippen LogP contribution < -0.4 is 0 Å². The second-order valence-electron chi connectivity index (χ2n) is 5.88. The Bertz CT molecular complexity index is 220. The van der Waals surface area contributed by atoms with E-state index in [1.807, 2.05) is 0 Å². The van der Waals surface area contributed by atoms with Gasteiger partial charge in [-0.1, -0.05) is 90.4 Å². The third kappa shape index (κ3) is 17.3. The number of alkyl halides is 4. The van der Waals surface area contributed by atoms with Gasteiger partial charge in [0.15, 0.2) is 0 Å². The maximum Gasteiger partial charge on any atom is 0.0637 e. The Morgan fingerprint density at radius 3 is 0.880 bits per heavy atom. The van der Waals surface area contributed by atoms with Gasteiger partial charge in [-0.3, -0.25) is 0 Å². The van der Waals surface area contributed by atoms with Crippen LogP contribution in [0.15, 0.2) is 0 Å². The fourth-order valence-electron chi connectivity index (χ4n) is 2.03. The standard InChI is InChI=1S/C17H32I4O4/c18-5-1-9-22-13-17(14-23-10-2-6-19,15-24-11-3-7-20)16-25-12-4-8-21/h1-16H2. The normalized spacial score (nSPS) is 12.0. The monoisotopic (exact) mass is 808 g/mol. The summed E-state index contributed by atoms with van der Waals surface area (Å²) in [5.41, 5.74) is -0.201. The molecule has 0 radical (unpaired) electrons.